The minimum absolute atomic E-state index is 0.0216. The van der Waals surface area contributed by atoms with Crippen molar-refractivity contribution in [2.75, 3.05) is 0 Å². The third kappa shape index (κ3) is 2.06. The number of nitrogens with zero attached hydrogens (tertiary/aromatic N) is 5. The first-order chi connectivity index (χ1) is 12.6. The number of para-hydroxylation sites is 2. The fraction of sp³-hybridized carbons (Fsp3) is 0.368. The molecule has 132 valence electrons. The van der Waals surface area contributed by atoms with Gasteiger partial charge in [-0.05, 0) is 38.3 Å². The second-order valence-electron chi connectivity index (χ2n) is 7.35. The van der Waals surface area contributed by atoms with Crippen molar-refractivity contribution in [2.24, 2.45) is 5.92 Å². The van der Waals surface area contributed by atoms with E-state index in [9.17, 15) is 4.79 Å². The maximum Gasteiger partial charge on any atom is 0.278 e. The Morgan fingerprint density at radius 3 is 2.65 bits per heavy atom. The molecule has 0 bridgehead atoms. The van der Waals surface area contributed by atoms with E-state index in [1.54, 1.807) is 10.9 Å². The maximum absolute atomic E-state index is 13.3. The molecule has 3 heterocycles. The molecule has 5 rings (SSSR count). The van der Waals surface area contributed by atoms with Crippen LogP contribution in [0.25, 0.3) is 28.1 Å². The number of hydrogen-bond acceptors (Lipinski definition) is 5. The van der Waals surface area contributed by atoms with E-state index in [0.717, 1.165) is 17.5 Å². The second-order valence-corrected chi connectivity index (χ2v) is 7.35. The highest BCUT2D eigenvalue weighted by molar-refractivity contribution is 5.83. The third-order valence-electron chi connectivity index (χ3n) is 5.19. The molecule has 26 heavy (non-hydrogen) atoms. The molecular weight excluding hydrogens is 330 g/mol. The van der Waals surface area contributed by atoms with Crippen LogP contribution in [-0.4, -0.2) is 24.1 Å². The molecule has 2 atom stereocenters. The van der Waals surface area contributed by atoms with Gasteiger partial charge < -0.3 is 9.09 Å². The van der Waals surface area contributed by atoms with E-state index < -0.39 is 0 Å². The molecule has 0 radical (unpaired) electrons. The fourth-order valence-corrected chi connectivity index (χ4v) is 3.65. The van der Waals surface area contributed by atoms with Crippen LogP contribution in [0.2, 0.25) is 0 Å². The highest BCUT2D eigenvalue weighted by Crippen LogP contribution is 2.46. The van der Waals surface area contributed by atoms with Crippen molar-refractivity contribution >= 4 is 16.6 Å². The van der Waals surface area contributed by atoms with Crippen molar-refractivity contribution in [1.29, 1.82) is 0 Å². The molecule has 1 aliphatic carbocycles. The van der Waals surface area contributed by atoms with Crippen LogP contribution in [0.15, 0.2) is 39.9 Å². The van der Waals surface area contributed by atoms with Gasteiger partial charge in [-0.15, -0.1) is 0 Å². The Labute approximate surface area is 149 Å². The summed E-state index contributed by atoms with van der Waals surface area (Å²) < 4.78 is 9.03. The molecule has 0 amide bonds. The molecule has 1 aliphatic rings. The second kappa shape index (κ2) is 5.27. The van der Waals surface area contributed by atoms with E-state index in [-0.39, 0.29) is 11.6 Å². The zero-order valence-corrected chi connectivity index (χ0v) is 14.9. The van der Waals surface area contributed by atoms with Crippen molar-refractivity contribution in [3.8, 4) is 11.5 Å². The summed E-state index contributed by atoms with van der Waals surface area (Å²) in [5, 5.41) is 4.09. The maximum atomic E-state index is 13.3. The zero-order valence-electron chi connectivity index (χ0n) is 14.9. The van der Waals surface area contributed by atoms with E-state index in [0.29, 0.717) is 34.8 Å². The topological polar surface area (TPSA) is 78.2 Å². The van der Waals surface area contributed by atoms with Crippen LogP contribution < -0.4 is 5.56 Å². The van der Waals surface area contributed by atoms with Crippen LogP contribution in [0, 0.1) is 5.92 Å². The predicted octanol–water partition coefficient (Wildman–Crippen LogP) is 3.40. The summed E-state index contributed by atoms with van der Waals surface area (Å²) in [6, 6.07) is 7.86. The lowest BCUT2D eigenvalue weighted by atomic mass is 10.2. The van der Waals surface area contributed by atoms with Crippen LogP contribution in [-0.2, 0) is 0 Å². The standard InChI is InChI=1S/C19H19N5O2/c1-10(2)24-14-7-5-4-6-13(14)23-9-20-15(16(23)19(24)25)17-21-18(26-22-17)12-8-11(12)3/h4-7,9-12H,8H2,1-3H3. The lowest BCUT2D eigenvalue weighted by Crippen LogP contribution is -2.24. The smallest absolute Gasteiger partial charge is 0.278 e. The quantitative estimate of drug-likeness (QED) is 0.566. The molecule has 1 saturated carbocycles. The van der Waals surface area contributed by atoms with Gasteiger partial charge in [-0.25, -0.2) is 4.98 Å². The van der Waals surface area contributed by atoms with Gasteiger partial charge in [-0.3, -0.25) is 9.20 Å². The average molecular weight is 349 g/mol. The van der Waals surface area contributed by atoms with Gasteiger partial charge in [0.05, 0.1) is 11.0 Å². The molecular formula is C19H19N5O2. The Hall–Kier alpha value is -2.96. The van der Waals surface area contributed by atoms with Gasteiger partial charge in [0.2, 0.25) is 11.7 Å². The van der Waals surface area contributed by atoms with Gasteiger partial charge in [0.25, 0.3) is 5.56 Å². The van der Waals surface area contributed by atoms with E-state index in [1.807, 2.05) is 42.5 Å². The molecule has 0 aliphatic heterocycles. The average Bonchev–Trinajstić information content (AvgIpc) is 3.03. The molecule has 0 spiro atoms. The Morgan fingerprint density at radius 2 is 1.96 bits per heavy atom. The molecule has 7 heteroatoms. The Morgan fingerprint density at radius 1 is 1.23 bits per heavy atom. The normalized spacial score (nSPS) is 19.7. The van der Waals surface area contributed by atoms with Crippen LogP contribution in [0.4, 0.5) is 0 Å². The van der Waals surface area contributed by atoms with Crippen molar-refractivity contribution in [3.63, 3.8) is 0 Å². The van der Waals surface area contributed by atoms with Gasteiger partial charge in [0.15, 0.2) is 0 Å². The van der Waals surface area contributed by atoms with E-state index >= 15 is 0 Å². The number of fused-ring (bicyclic) bond motifs is 3. The van der Waals surface area contributed by atoms with Gasteiger partial charge >= 0.3 is 0 Å². The third-order valence-corrected chi connectivity index (χ3v) is 5.19. The number of imidazole rings is 1. The Balaban J connectivity index is 1.80. The van der Waals surface area contributed by atoms with Crippen LogP contribution >= 0.6 is 0 Å². The summed E-state index contributed by atoms with van der Waals surface area (Å²) in [5.41, 5.74) is 2.66. The SMILES string of the molecule is CC1CC1c1nc(-c2ncn3c2c(=O)n(C(C)C)c2ccccc23)no1. The first kappa shape index (κ1) is 15.3. The van der Waals surface area contributed by atoms with Crippen molar-refractivity contribution < 1.29 is 4.52 Å². The number of aromatic nitrogens is 5. The first-order valence-corrected chi connectivity index (χ1v) is 8.90. The molecule has 2 unspecified atom stereocenters. The number of rotatable bonds is 3. The first-order valence-electron chi connectivity index (χ1n) is 8.90. The number of hydrogen-bond donors (Lipinski definition) is 0. The summed E-state index contributed by atoms with van der Waals surface area (Å²) >= 11 is 0. The van der Waals surface area contributed by atoms with Crippen molar-refractivity contribution in [1.82, 2.24) is 24.1 Å². The highest BCUT2D eigenvalue weighted by atomic mass is 16.5. The summed E-state index contributed by atoms with van der Waals surface area (Å²) in [6.07, 6.45) is 2.73. The minimum atomic E-state index is -0.0997. The molecule has 1 fully saturated rings. The lowest BCUT2D eigenvalue weighted by Gasteiger charge is -2.15. The predicted molar refractivity (Wildman–Crippen MR) is 97.2 cm³/mol. The van der Waals surface area contributed by atoms with Crippen LogP contribution in [0.3, 0.4) is 0 Å². The van der Waals surface area contributed by atoms with Crippen molar-refractivity contribution in [2.45, 2.75) is 39.2 Å². The Bertz CT molecular complexity index is 1200. The molecule has 7 nitrogen and oxygen atoms in total. The van der Waals surface area contributed by atoms with Gasteiger partial charge in [-0.2, -0.15) is 4.98 Å². The summed E-state index contributed by atoms with van der Waals surface area (Å²) in [6.45, 7) is 6.16. The zero-order chi connectivity index (χ0) is 18.0. The van der Waals surface area contributed by atoms with E-state index in [1.165, 1.54) is 0 Å². The van der Waals surface area contributed by atoms with E-state index in [2.05, 4.69) is 22.0 Å². The van der Waals surface area contributed by atoms with Gasteiger partial charge in [0, 0.05) is 12.0 Å². The molecule has 0 saturated heterocycles. The van der Waals surface area contributed by atoms with Crippen LogP contribution in [0.5, 0.6) is 0 Å². The highest BCUT2D eigenvalue weighted by Gasteiger charge is 2.39. The van der Waals surface area contributed by atoms with Gasteiger partial charge in [-0.1, -0.05) is 24.2 Å². The summed E-state index contributed by atoms with van der Waals surface area (Å²) in [5.74, 6) is 1.92. The molecule has 1 aromatic carbocycles. The molecule has 4 aromatic rings. The lowest BCUT2D eigenvalue weighted by molar-refractivity contribution is 0.376. The molecule has 0 N–H and O–H groups in total. The van der Waals surface area contributed by atoms with Crippen LogP contribution in [0.1, 0.15) is 45.0 Å². The van der Waals surface area contributed by atoms with Crippen molar-refractivity contribution in [3.05, 3.63) is 46.8 Å². The molecule has 3 aromatic heterocycles. The minimum Gasteiger partial charge on any atom is -0.339 e. The summed E-state index contributed by atoms with van der Waals surface area (Å²) in [4.78, 5) is 22.2. The van der Waals surface area contributed by atoms with E-state index in [4.69, 9.17) is 4.52 Å². The largest absolute Gasteiger partial charge is 0.339 e. The monoisotopic (exact) mass is 349 g/mol. The van der Waals surface area contributed by atoms with Gasteiger partial charge in [0.1, 0.15) is 17.5 Å². The Kier molecular flexibility index (Phi) is 3.10. The number of benzene rings is 1. The summed E-state index contributed by atoms with van der Waals surface area (Å²) in [7, 11) is 0. The fourth-order valence-electron chi connectivity index (χ4n) is 3.65.